The zero-order valence-electron chi connectivity index (χ0n) is 9.31. The van der Waals surface area contributed by atoms with Gasteiger partial charge >= 0.3 is 0 Å². The second-order valence-electron chi connectivity index (χ2n) is 3.95. The van der Waals surface area contributed by atoms with Crippen LogP contribution in [0.25, 0.3) is 0 Å². The van der Waals surface area contributed by atoms with Gasteiger partial charge in [0.2, 0.25) is 0 Å². The molecule has 0 saturated carbocycles. The minimum Gasteiger partial charge on any atom is -0.392 e. The van der Waals surface area contributed by atoms with Crippen molar-refractivity contribution < 1.29 is 0 Å². The molecule has 82 valence electrons. The molecule has 0 aromatic heterocycles. The smallest absolute Gasteiger partial charge is 0.0870 e. The molecule has 3 heteroatoms. The molecule has 0 unspecified atom stereocenters. The van der Waals surface area contributed by atoms with Crippen molar-refractivity contribution in [3.63, 3.8) is 0 Å². The van der Waals surface area contributed by atoms with Crippen molar-refractivity contribution in [2.45, 2.75) is 26.4 Å². The summed E-state index contributed by atoms with van der Waals surface area (Å²) < 4.78 is 0. The normalized spacial score (nSPS) is 10.9. The molecule has 0 atom stereocenters. The van der Waals surface area contributed by atoms with Gasteiger partial charge in [-0.15, -0.1) is 0 Å². The van der Waals surface area contributed by atoms with Gasteiger partial charge in [-0.1, -0.05) is 42.5 Å². The van der Waals surface area contributed by atoms with Gasteiger partial charge in [-0.25, -0.2) is 0 Å². The summed E-state index contributed by atoms with van der Waals surface area (Å²) in [7, 11) is 0. The van der Waals surface area contributed by atoms with Crippen molar-refractivity contribution >= 4 is 17.2 Å². The van der Waals surface area contributed by atoms with Crippen LogP contribution >= 0.6 is 12.2 Å². The fourth-order valence-corrected chi connectivity index (χ4v) is 1.60. The fraction of sp³-hybridized carbons (Fsp3) is 0.417. The molecule has 1 rings (SSSR count). The van der Waals surface area contributed by atoms with E-state index in [0.717, 1.165) is 6.54 Å². The molecule has 0 spiro atoms. The Morgan fingerprint density at radius 1 is 1.33 bits per heavy atom. The van der Waals surface area contributed by atoms with Crippen molar-refractivity contribution in [2.75, 3.05) is 6.54 Å². The third-order valence-corrected chi connectivity index (χ3v) is 2.45. The van der Waals surface area contributed by atoms with Crippen LogP contribution < -0.4 is 5.73 Å². The Kier molecular flexibility index (Phi) is 4.72. The molecule has 0 heterocycles. The molecule has 0 radical (unpaired) electrons. The fourth-order valence-electron chi connectivity index (χ4n) is 1.44. The maximum Gasteiger partial charge on any atom is 0.0870 e. The number of thiocarbonyl (C=S) groups is 1. The quantitative estimate of drug-likeness (QED) is 0.774. The summed E-state index contributed by atoms with van der Waals surface area (Å²) in [6, 6.07) is 10.8. The van der Waals surface area contributed by atoms with Crippen LogP contribution in [-0.4, -0.2) is 22.5 Å². The van der Waals surface area contributed by atoms with Crippen LogP contribution in [0.2, 0.25) is 0 Å². The first-order valence-corrected chi connectivity index (χ1v) is 5.56. The standard InChI is InChI=1S/C12H18N2S/c1-10(2)14(9-12(13)15)8-11-6-4-3-5-7-11/h3-7,10H,8-9H2,1-2H3,(H2,13,15). The SMILES string of the molecule is CC(C)N(CC(N)=S)Cc1ccccc1. The van der Waals surface area contributed by atoms with Gasteiger partial charge in [-0.3, -0.25) is 4.90 Å². The number of rotatable bonds is 5. The van der Waals surface area contributed by atoms with E-state index in [-0.39, 0.29) is 0 Å². The first-order valence-electron chi connectivity index (χ1n) is 5.16. The van der Waals surface area contributed by atoms with Gasteiger partial charge in [0.25, 0.3) is 0 Å². The lowest BCUT2D eigenvalue weighted by Crippen LogP contribution is -2.37. The van der Waals surface area contributed by atoms with Gasteiger partial charge in [-0.2, -0.15) is 0 Å². The van der Waals surface area contributed by atoms with Crippen LogP contribution in [0.15, 0.2) is 30.3 Å². The van der Waals surface area contributed by atoms with E-state index in [4.69, 9.17) is 18.0 Å². The lowest BCUT2D eigenvalue weighted by atomic mass is 10.2. The van der Waals surface area contributed by atoms with E-state index < -0.39 is 0 Å². The molecular weight excluding hydrogens is 204 g/mol. The Morgan fingerprint density at radius 2 is 1.93 bits per heavy atom. The summed E-state index contributed by atoms with van der Waals surface area (Å²) in [5.41, 5.74) is 6.87. The highest BCUT2D eigenvalue weighted by Gasteiger charge is 2.10. The predicted octanol–water partition coefficient (Wildman–Crippen LogP) is 2.18. The minimum atomic E-state index is 0.451. The Hall–Kier alpha value is -0.930. The first-order chi connectivity index (χ1) is 7.09. The summed E-state index contributed by atoms with van der Waals surface area (Å²) in [5, 5.41) is 0. The van der Waals surface area contributed by atoms with E-state index in [1.807, 2.05) is 6.07 Å². The van der Waals surface area contributed by atoms with Crippen LogP contribution in [0, 0.1) is 0 Å². The second kappa shape index (κ2) is 5.83. The molecule has 0 amide bonds. The summed E-state index contributed by atoms with van der Waals surface area (Å²) in [4.78, 5) is 2.82. The van der Waals surface area contributed by atoms with Crippen LogP contribution in [0.5, 0.6) is 0 Å². The summed E-state index contributed by atoms with van der Waals surface area (Å²) >= 11 is 4.94. The largest absolute Gasteiger partial charge is 0.392 e. The molecule has 0 saturated heterocycles. The molecule has 0 aliphatic carbocycles. The Balaban J connectivity index is 2.63. The van der Waals surface area contributed by atoms with Crippen molar-refractivity contribution in [3.8, 4) is 0 Å². The Bertz CT molecular complexity index is 309. The van der Waals surface area contributed by atoms with E-state index >= 15 is 0 Å². The highest BCUT2D eigenvalue weighted by Crippen LogP contribution is 2.07. The van der Waals surface area contributed by atoms with Crippen molar-refractivity contribution in [1.82, 2.24) is 4.90 Å². The Labute approximate surface area is 97.1 Å². The Morgan fingerprint density at radius 3 is 2.40 bits per heavy atom. The summed E-state index contributed by atoms with van der Waals surface area (Å²) in [6.45, 7) is 5.89. The van der Waals surface area contributed by atoms with Gasteiger partial charge < -0.3 is 5.73 Å². The van der Waals surface area contributed by atoms with E-state index in [2.05, 4.69) is 43.0 Å². The number of nitrogens with two attached hydrogens (primary N) is 1. The molecule has 0 fully saturated rings. The zero-order chi connectivity index (χ0) is 11.3. The monoisotopic (exact) mass is 222 g/mol. The third-order valence-electron chi connectivity index (χ3n) is 2.32. The van der Waals surface area contributed by atoms with Crippen LogP contribution in [-0.2, 0) is 6.54 Å². The number of benzene rings is 1. The van der Waals surface area contributed by atoms with Crippen LogP contribution in [0.1, 0.15) is 19.4 Å². The minimum absolute atomic E-state index is 0.451. The average molecular weight is 222 g/mol. The van der Waals surface area contributed by atoms with Gasteiger partial charge in [-0.05, 0) is 19.4 Å². The molecule has 0 aliphatic rings. The molecular formula is C12H18N2S. The molecule has 1 aromatic rings. The van der Waals surface area contributed by atoms with Crippen molar-refractivity contribution in [1.29, 1.82) is 0 Å². The number of hydrogen-bond acceptors (Lipinski definition) is 2. The molecule has 15 heavy (non-hydrogen) atoms. The van der Waals surface area contributed by atoms with Gasteiger partial charge in [0.15, 0.2) is 0 Å². The predicted molar refractivity (Wildman–Crippen MR) is 68.8 cm³/mol. The lowest BCUT2D eigenvalue weighted by Gasteiger charge is -2.25. The van der Waals surface area contributed by atoms with Crippen LogP contribution in [0.4, 0.5) is 0 Å². The van der Waals surface area contributed by atoms with Crippen molar-refractivity contribution in [3.05, 3.63) is 35.9 Å². The van der Waals surface area contributed by atoms with E-state index in [0.29, 0.717) is 17.6 Å². The zero-order valence-corrected chi connectivity index (χ0v) is 10.1. The number of hydrogen-bond donors (Lipinski definition) is 1. The molecule has 1 aromatic carbocycles. The van der Waals surface area contributed by atoms with Gasteiger partial charge in [0, 0.05) is 19.1 Å². The van der Waals surface area contributed by atoms with Crippen LogP contribution in [0.3, 0.4) is 0 Å². The van der Waals surface area contributed by atoms with E-state index in [1.165, 1.54) is 5.56 Å². The van der Waals surface area contributed by atoms with E-state index in [9.17, 15) is 0 Å². The third kappa shape index (κ3) is 4.40. The summed E-state index contributed by atoms with van der Waals surface area (Å²) in [5.74, 6) is 0. The highest BCUT2D eigenvalue weighted by molar-refractivity contribution is 7.80. The maximum atomic E-state index is 5.57. The number of nitrogens with zero attached hydrogens (tertiary/aromatic N) is 1. The highest BCUT2D eigenvalue weighted by atomic mass is 32.1. The first kappa shape index (κ1) is 12.1. The maximum absolute atomic E-state index is 5.57. The van der Waals surface area contributed by atoms with Crippen molar-refractivity contribution in [2.24, 2.45) is 5.73 Å². The molecule has 0 aliphatic heterocycles. The van der Waals surface area contributed by atoms with Gasteiger partial charge in [0.1, 0.15) is 0 Å². The topological polar surface area (TPSA) is 29.3 Å². The molecule has 2 nitrogen and oxygen atoms in total. The summed E-state index contributed by atoms with van der Waals surface area (Å²) in [6.07, 6.45) is 0. The molecule has 0 bridgehead atoms. The van der Waals surface area contributed by atoms with Gasteiger partial charge in [0.05, 0.1) is 4.99 Å². The van der Waals surface area contributed by atoms with E-state index in [1.54, 1.807) is 0 Å². The molecule has 2 N–H and O–H groups in total. The average Bonchev–Trinajstić information content (AvgIpc) is 2.17. The second-order valence-corrected chi connectivity index (χ2v) is 4.48. The lowest BCUT2D eigenvalue weighted by molar-refractivity contribution is 0.245.